The molecule has 0 fully saturated rings. The zero-order chi connectivity index (χ0) is 12.0. The van der Waals surface area contributed by atoms with Crippen molar-refractivity contribution >= 4 is 11.7 Å². The quantitative estimate of drug-likeness (QED) is 0.610. The Morgan fingerprint density at radius 1 is 1.38 bits per heavy atom. The fraction of sp³-hybridized carbons (Fsp3) is 0.417. The van der Waals surface area contributed by atoms with Crippen molar-refractivity contribution < 1.29 is 14.3 Å². The molecule has 1 aromatic carbocycles. The lowest BCUT2D eigenvalue weighted by Crippen LogP contribution is -2.05. The van der Waals surface area contributed by atoms with Crippen molar-refractivity contribution in [3.63, 3.8) is 0 Å². The number of aryl methyl sites for hydroxylation is 1. The summed E-state index contributed by atoms with van der Waals surface area (Å²) in [6.45, 7) is 2.21. The minimum Gasteiger partial charge on any atom is -0.497 e. The molecule has 16 heavy (non-hydrogen) atoms. The van der Waals surface area contributed by atoms with Crippen LogP contribution in [0.5, 0.6) is 5.75 Å². The van der Waals surface area contributed by atoms with Gasteiger partial charge in [-0.25, -0.2) is 0 Å². The normalized spacial score (nSPS) is 9.88. The van der Waals surface area contributed by atoms with Crippen LogP contribution in [-0.4, -0.2) is 19.7 Å². The molecule has 0 saturated heterocycles. The maximum Gasteiger partial charge on any atom is 0.306 e. The zero-order valence-electron chi connectivity index (χ0n) is 9.66. The molecule has 1 rings (SSSR count). The maximum atomic E-state index is 11.2. The molecule has 0 spiro atoms. The van der Waals surface area contributed by atoms with E-state index in [0.717, 1.165) is 5.56 Å². The van der Waals surface area contributed by atoms with Gasteiger partial charge in [-0.15, -0.1) is 0 Å². The van der Waals surface area contributed by atoms with Crippen LogP contribution in [0.1, 0.15) is 18.9 Å². The average Bonchev–Trinajstić information content (AvgIpc) is 2.26. The monoisotopic (exact) mass is 223 g/mol. The second-order valence-corrected chi connectivity index (χ2v) is 3.42. The molecule has 2 N–H and O–H groups in total. The van der Waals surface area contributed by atoms with Gasteiger partial charge in [-0.1, -0.05) is 0 Å². The Balaban J connectivity index is 2.59. The van der Waals surface area contributed by atoms with Gasteiger partial charge in [0.05, 0.1) is 13.7 Å². The molecule has 0 aliphatic rings. The van der Waals surface area contributed by atoms with E-state index in [9.17, 15) is 4.79 Å². The molecule has 0 radical (unpaired) electrons. The SMILES string of the molecule is CCOC(=O)CCc1cc(N)cc(OC)c1. The molecule has 0 amide bonds. The van der Waals surface area contributed by atoms with Crippen molar-refractivity contribution in [3.8, 4) is 5.75 Å². The number of methoxy groups -OCH3 is 1. The van der Waals surface area contributed by atoms with Crippen LogP contribution in [0.25, 0.3) is 0 Å². The molecular formula is C12H17NO3. The van der Waals surface area contributed by atoms with E-state index in [1.54, 1.807) is 20.1 Å². The van der Waals surface area contributed by atoms with Crippen LogP contribution in [0.4, 0.5) is 5.69 Å². The van der Waals surface area contributed by atoms with Crippen molar-refractivity contribution in [2.45, 2.75) is 19.8 Å². The van der Waals surface area contributed by atoms with E-state index in [0.29, 0.717) is 30.9 Å². The molecule has 0 aromatic heterocycles. The van der Waals surface area contributed by atoms with Gasteiger partial charge < -0.3 is 15.2 Å². The van der Waals surface area contributed by atoms with Crippen LogP contribution < -0.4 is 10.5 Å². The Kier molecular flexibility index (Phi) is 4.64. The summed E-state index contributed by atoms with van der Waals surface area (Å²) in [5.74, 6) is 0.516. The first-order chi connectivity index (χ1) is 7.65. The predicted octanol–water partition coefficient (Wildman–Crippen LogP) is 1.77. The maximum absolute atomic E-state index is 11.2. The molecule has 0 bridgehead atoms. The number of hydrogen-bond acceptors (Lipinski definition) is 4. The molecule has 0 atom stereocenters. The summed E-state index contributed by atoms with van der Waals surface area (Å²) in [5, 5.41) is 0. The fourth-order valence-corrected chi connectivity index (χ4v) is 1.43. The third-order valence-electron chi connectivity index (χ3n) is 2.15. The molecule has 0 saturated carbocycles. The van der Waals surface area contributed by atoms with Gasteiger partial charge in [-0.05, 0) is 31.0 Å². The number of hydrogen-bond donors (Lipinski definition) is 1. The number of carbonyl (C=O) groups excluding carboxylic acids is 1. The Labute approximate surface area is 95.3 Å². The Hall–Kier alpha value is -1.71. The molecule has 0 unspecified atom stereocenters. The molecule has 4 nitrogen and oxygen atoms in total. The predicted molar refractivity (Wildman–Crippen MR) is 62.4 cm³/mol. The molecule has 88 valence electrons. The number of carbonyl (C=O) groups is 1. The summed E-state index contributed by atoms with van der Waals surface area (Å²) < 4.78 is 9.94. The number of benzene rings is 1. The lowest BCUT2D eigenvalue weighted by atomic mass is 10.1. The van der Waals surface area contributed by atoms with E-state index < -0.39 is 0 Å². The van der Waals surface area contributed by atoms with Crippen LogP contribution >= 0.6 is 0 Å². The van der Waals surface area contributed by atoms with Crippen LogP contribution in [0.2, 0.25) is 0 Å². The molecule has 0 aliphatic heterocycles. The highest BCUT2D eigenvalue weighted by molar-refractivity contribution is 5.69. The molecular weight excluding hydrogens is 206 g/mol. The topological polar surface area (TPSA) is 61.5 Å². The number of anilines is 1. The van der Waals surface area contributed by atoms with Gasteiger partial charge in [0.1, 0.15) is 5.75 Å². The van der Waals surface area contributed by atoms with Crippen molar-refractivity contribution in [2.24, 2.45) is 0 Å². The zero-order valence-corrected chi connectivity index (χ0v) is 9.66. The van der Waals surface area contributed by atoms with E-state index in [1.807, 2.05) is 12.1 Å². The van der Waals surface area contributed by atoms with Gasteiger partial charge in [0.2, 0.25) is 0 Å². The van der Waals surface area contributed by atoms with E-state index in [-0.39, 0.29) is 5.97 Å². The van der Waals surface area contributed by atoms with Crippen molar-refractivity contribution in [1.29, 1.82) is 0 Å². The van der Waals surface area contributed by atoms with Crippen LogP contribution in [0, 0.1) is 0 Å². The van der Waals surface area contributed by atoms with Gasteiger partial charge in [0.25, 0.3) is 0 Å². The number of esters is 1. The minimum absolute atomic E-state index is 0.191. The summed E-state index contributed by atoms with van der Waals surface area (Å²) >= 11 is 0. The van der Waals surface area contributed by atoms with Crippen molar-refractivity contribution in [3.05, 3.63) is 23.8 Å². The molecule has 0 heterocycles. The standard InChI is InChI=1S/C12H17NO3/c1-3-16-12(14)5-4-9-6-10(13)8-11(7-9)15-2/h6-8H,3-5,13H2,1-2H3. The summed E-state index contributed by atoms with van der Waals surface area (Å²) in [7, 11) is 1.59. The smallest absolute Gasteiger partial charge is 0.306 e. The van der Waals surface area contributed by atoms with Crippen LogP contribution in [0.15, 0.2) is 18.2 Å². The third kappa shape index (κ3) is 3.81. The summed E-state index contributed by atoms with van der Waals surface area (Å²) in [5.41, 5.74) is 7.32. The highest BCUT2D eigenvalue weighted by Gasteiger charge is 2.04. The van der Waals surface area contributed by atoms with Crippen LogP contribution in [0.3, 0.4) is 0 Å². The summed E-state index contributed by atoms with van der Waals surface area (Å²) in [4.78, 5) is 11.2. The van der Waals surface area contributed by atoms with Gasteiger partial charge in [0, 0.05) is 18.2 Å². The lowest BCUT2D eigenvalue weighted by molar-refractivity contribution is -0.143. The minimum atomic E-state index is -0.191. The lowest BCUT2D eigenvalue weighted by Gasteiger charge is -2.06. The van der Waals surface area contributed by atoms with E-state index in [4.69, 9.17) is 15.2 Å². The van der Waals surface area contributed by atoms with Gasteiger partial charge in [0.15, 0.2) is 0 Å². The van der Waals surface area contributed by atoms with Gasteiger partial charge in [-0.2, -0.15) is 0 Å². The molecule has 0 aliphatic carbocycles. The summed E-state index contributed by atoms with van der Waals surface area (Å²) in [6, 6.07) is 5.45. The number of ether oxygens (including phenoxy) is 2. The Bertz CT molecular complexity index is 363. The van der Waals surface area contributed by atoms with E-state index >= 15 is 0 Å². The molecule has 4 heteroatoms. The van der Waals surface area contributed by atoms with E-state index in [2.05, 4.69) is 0 Å². The average molecular weight is 223 g/mol. The highest BCUT2D eigenvalue weighted by Crippen LogP contribution is 2.19. The van der Waals surface area contributed by atoms with E-state index in [1.165, 1.54) is 0 Å². The number of rotatable bonds is 5. The Morgan fingerprint density at radius 3 is 2.75 bits per heavy atom. The fourth-order valence-electron chi connectivity index (χ4n) is 1.43. The third-order valence-corrected chi connectivity index (χ3v) is 2.15. The highest BCUT2D eigenvalue weighted by atomic mass is 16.5. The van der Waals surface area contributed by atoms with Crippen molar-refractivity contribution in [2.75, 3.05) is 19.5 Å². The number of nitrogens with two attached hydrogens (primary N) is 1. The first kappa shape index (κ1) is 12.4. The number of nitrogen functional groups attached to an aromatic ring is 1. The largest absolute Gasteiger partial charge is 0.497 e. The molecule has 1 aromatic rings. The van der Waals surface area contributed by atoms with Gasteiger partial charge >= 0.3 is 5.97 Å². The first-order valence-electron chi connectivity index (χ1n) is 5.24. The van der Waals surface area contributed by atoms with Gasteiger partial charge in [-0.3, -0.25) is 4.79 Å². The first-order valence-corrected chi connectivity index (χ1v) is 5.24. The van der Waals surface area contributed by atoms with Crippen molar-refractivity contribution in [1.82, 2.24) is 0 Å². The Morgan fingerprint density at radius 2 is 2.12 bits per heavy atom. The second-order valence-electron chi connectivity index (χ2n) is 3.42. The second kappa shape index (κ2) is 6.00. The summed E-state index contributed by atoms with van der Waals surface area (Å²) in [6.07, 6.45) is 0.973. The van der Waals surface area contributed by atoms with Crippen LogP contribution in [-0.2, 0) is 16.0 Å².